The number of ether oxygens (including phenoxy) is 2. The van der Waals surface area contributed by atoms with Gasteiger partial charge in [0.25, 0.3) is 0 Å². The fourth-order valence-electron chi connectivity index (χ4n) is 14.0. The molecule has 0 amide bonds. The Morgan fingerprint density at radius 3 is 1.83 bits per heavy atom. The Morgan fingerprint density at radius 1 is 0.695 bits per heavy atom. The third-order valence-corrected chi connectivity index (χ3v) is 18.1. The van der Waals surface area contributed by atoms with Crippen molar-refractivity contribution >= 4 is 23.7 Å². The van der Waals surface area contributed by atoms with Crippen LogP contribution in [0.25, 0.3) is 0 Å². The molecule has 9 unspecified atom stereocenters. The number of allylic oxidation sites excluding steroid dienone is 2. The van der Waals surface area contributed by atoms with Crippen LogP contribution in [-0.2, 0) is 28.7 Å². The van der Waals surface area contributed by atoms with E-state index in [2.05, 4.69) is 61.5 Å². The van der Waals surface area contributed by atoms with Crippen LogP contribution in [0.5, 0.6) is 0 Å². The summed E-state index contributed by atoms with van der Waals surface area (Å²) in [5.41, 5.74) is -0.148. The van der Waals surface area contributed by atoms with Gasteiger partial charge in [-0.3, -0.25) is 19.2 Å². The van der Waals surface area contributed by atoms with Gasteiger partial charge in [-0.1, -0.05) is 150 Å². The minimum absolute atomic E-state index is 0.0460. The predicted octanol–water partition coefficient (Wildman–Crippen LogP) is 13.5. The average Bonchev–Trinajstić information content (AvgIpc) is 3.17. The highest BCUT2D eigenvalue weighted by Gasteiger charge is 2.70. The van der Waals surface area contributed by atoms with Crippen molar-refractivity contribution in [3.8, 4) is 0 Å². The predicted molar refractivity (Wildman–Crippen MR) is 237 cm³/mol. The third kappa shape index (κ3) is 10.2. The summed E-state index contributed by atoms with van der Waals surface area (Å²) in [6, 6.07) is 0. The van der Waals surface area contributed by atoms with Crippen molar-refractivity contribution in [3.63, 3.8) is 0 Å². The van der Waals surface area contributed by atoms with Gasteiger partial charge in [-0.15, -0.1) is 0 Å². The molecule has 59 heavy (non-hydrogen) atoms. The van der Waals surface area contributed by atoms with Gasteiger partial charge >= 0.3 is 17.9 Å². The second kappa shape index (κ2) is 19.9. The summed E-state index contributed by atoms with van der Waals surface area (Å²) in [5, 5.41) is 9.10. The summed E-state index contributed by atoms with van der Waals surface area (Å²) in [4.78, 5) is 52.6. The molecule has 5 aliphatic carbocycles. The van der Waals surface area contributed by atoms with Crippen molar-refractivity contribution < 1.29 is 33.8 Å². The molecule has 0 bridgehead atoms. The van der Waals surface area contributed by atoms with Gasteiger partial charge < -0.3 is 14.6 Å². The summed E-state index contributed by atoms with van der Waals surface area (Å²) in [6.45, 7) is 18.9. The van der Waals surface area contributed by atoms with E-state index in [0.29, 0.717) is 13.0 Å². The molecule has 336 valence electrons. The number of fused-ring (bicyclic) bond motifs is 7. The quantitative estimate of drug-likeness (QED) is 0.0856. The topological polar surface area (TPSA) is 107 Å². The smallest absolute Gasteiger partial charge is 0.311 e. The molecule has 4 fully saturated rings. The van der Waals surface area contributed by atoms with Gasteiger partial charge in [-0.05, 0) is 111 Å². The van der Waals surface area contributed by atoms with E-state index in [1.165, 1.54) is 95.5 Å². The molecule has 0 aliphatic heterocycles. The molecule has 0 aromatic carbocycles. The molecule has 5 rings (SSSR count). The summed E-state index contributed by atoms with van der Waals surface area (Å²) in [7, 11) is 0. The molecule has 1 N–H and O–H groups in total. The molecule has 0 aromatic rings. The van der Waals surface area contributed by atoms with Gasteiger partial charge in [0, 0.05) is 11.3 Å². The Balaban J connectivity index is 1.13. The first-order valence-corrected chi connectivity index (χ1v) is 24.7. The fraction of sp³-hybridized carbons (Fsp3) is 0.885. The minimum Gasteiger partial charge on any atom is -0.481 e. The van der Waals surface area contributed by atoms with E-state index < -0.39 is 17.4 Å². The molecule has 0 aromatic heterocycles. The van der Waals surface area contributed by atoms with Gasteiger partial charge in [-0.2, -0.15) is 0 Å². The SMILES string of the molecule is CCCCCCCCCCCCCCCCCCOC(=O)C1(C)CCC2(C)CCC3(C)C(=CC(=O)C4C5(C)CCC(OC(=O)CCC(=O)O)C(C)(C)C5CCC43C)C2C1. The number of aliphatic carboxylic acids is 1. The van der Waals surface area contributed by atoms with Gasteiger partial charge in [0.05, 0.1) is 24.9 Å². The Morgan fingerprint density at radius 2 is 1.25 bits per heavy atom. The van der Waals surface area contributed by atoms with Gasteiger partial charge in [0.15, 0.2) is 5.78 Å². The zero-order valence-electron chi connectivity index (χ0n) is 39.1. The maximum Gasteiger partial charge on any atom is 0.311 e. The molecule has 7 heteroatoms. The normalized spacial score (nSPS) is 36.0. The first-order valence-electron chi connectivity index (χ1n) is 24.7. The first-order chi connectivity index (χ1) is 27.9. The number of ketones is 1. The number of carbonyl (C=O) groups excluding carboxylic acids is 3. The highest BCUT2D eigenvalue weighted by molar-refractivity contribution is 5.95. The first kappa shape index (κ1) is 47.9. The lowest BCUT2D eigenvalue weighted by atomic mass is 9.33. The van der Waals surface area contributed by atoms with Crippen molar-refractivity contribution in [3.05, 3.63) is 11.6 Å². The van der Waals surface area contributed by atoms with Crippen LogP contribution in [0.4, 0.5) is 0 Å². The highest BCUT2D eigenvalue weighted by atomic mass is 16.5. The monoisotopic (exact) mass is 823 g/mol. The fourth-order valence-corrected chi connectivity index (χ4v) is 14.0. The molecule has 0 heterocycles. The standard InChI is InChI=1S/C52H86O7/c1-9-10-11-12-13-14-15-16-17-18-19-20-21-22-23-24-35-58-46(57)49(5)32-31-48(4)33-34-51(7)38(39(48)37-49)36-40(53)45-50(6)29-28-42(59-44(56)26-25-43(54)55)47(2,3)41(50)27-30-52(45,51)8/h36,39,41-42,45H,9-35,37H2,1-8H3,(H,54,55). The summed E-state index contributed by atoms with van der Waals surface area (Å²) >= 11 is 0. The van der Waals surface area contributed by atoms with Crippen molar-refractivity contribution in [2.45, 2.75) is 235 Å². The molecular formula is C52H86O7. The lowest BCUT2D eigenvalue weighted by Crippen LogP contribution is -2.66. The maximum absolute atomic E-state index is 14.9. The van der Waals surface area contributed by atoms with Crippen LogP contribution in [0.2, 0.25) is 0 Å². The Kier molecular flexibility index (Phi) is 16.1. The second-order valence-electron chi connectivity index (χ2n) is 22.4. The molecule has 5 aliphatic rings. The zero-order valence-corrected chi connectivity index (χ0v) is 39.1. The third-order valence-electron chi connectivity index (χ3n) is 18.1. The second-order valence-corrected chi connectivity index (χ2v) is 22.4. The lowest BCUT2D eigenvalue weighted by Gasteiger charge is -2.70. The summed E-state index contributed by atoms with van der Waals surface area (Å²) < 4.78 is 12.1. The number of carboxylic acid groups (broad SMARTS) is 1. The van der Waals surface area contributed by atoms with E-state index >= 15 is 0 Å². The van der Waals surface area contributed by atoms with Crippen LogP contribution < -0.4 is 0 Å². The zero-order chi connectivity index (χ0) is 43.1. The molecule has 9 atom stereocenters. The number of esters is 2. The highest BCUT2D eigenvalue weighted by Crippen LogP contribution is 2.75. The van der Waals surface area contributed by atoms with Gasteiger partial charge in [-0.25, -0.2) is 0 Å². The molecular weight excluding hydrogens is 737 g/mol. The molecule has 0 spiro atoms. The van der Waals surface area contributed by atoms with E-state index in [9.17, 15) is 19.2 Å². The van der Waals surface area contributed by atoms with Crippen LogP contribution in [0.15, 0.2) is 11.6 Å². The Bertz CT molecular complexity index is 1500. The van der Waals surface area contributed by atoms with E-state index in [-0.39, 0.29) is 75.5 Å². The Labute approximate surface area is 359 Å². The molecule has 4 saturated carbocycles. The number of unbranched alkanes of at least 4 members (excludes halogenated alkanes) is 15. The Hall–Kier alpha value is -2.18. The maximum atomic E-state index is 14.9. The number of hydrogen-bond donors (Lipinski definition) is 1. The van der Waals surface area contributed by atoms with Crippen LogP contribution >= 0.6 is 0 Å². The van der Waals surface area contributed by atoms with Crippen molar-refractivity contribution in [2.75, 3.05) is 6.61 Å². The van der Waals surface area contributed by atoms with Crippen molar-refractivity contribution in [2.24, 2.45) is 50.2 Å². The number of carbonyl (C=O) groups is 4. The number of rotatable bonds is 22. The molecule has 0 radical (unpaired) electrons. The van der Waals surface area contributed by atoms with Gasteiger partial charge in [0.2, 0.25) is 0 Å². The van der Waals surface area contributed by atoms with Crippen LogP contribution in [0.3, 0.4) is 0 Å². The molecule has 0 saturated heterocycles. The van der Waals surface area contributed by atoms with Crippen LogP contribution in [0, 0.1) is 50.2 Å². The van der Waals surface area contributed by atoms with Crippen molar-refractivity contribution in [1.29, 1.82) is 0 Å². The molecule has 7 nitrogen and oxygen atoms in total. The average molecular weight is 823 g/mol. The number of carboxylic acids is 1. The number of hydrogen-bond acceptors (Lipinski definition) is 6. The largest absolute Gasteiger partial charge is 0.481 e. The minimum atomic E-state index is -0.998. The van der Waals surface area contributed by atoms with Gasteiger partial charge in [0.1, 0.15) is 6.10 Å². The van der Waals surface area contributed by atoms with E-state index in [1.54, 1.807) is 0 Å². The van der Waals surface area contributed by atoms with Crippen LogP contribution in [-0.4, -0.2) is 41.5 Å². The van der Waals surface area contributed by atoms with E-state index in [1.807, 2.05) is 0 Å². The van der Waals surface area contributed by atoms with Crippen LogP contribution in [0.1, 0.15) is 229 Å². The summed E-state index contributed by atoms with van der Waals surface area (Å²) in [5.74, 6) is -1.00. The van der Waals surface area contributed by atoms with Crippen molar-refractivity contribution in [1.82, 2.24) is 0 Å². The van der Waals surface area contributed by atoms with E-state index in [0.717, 1.165) is 64.2 Å². The summed E-state index contributed by atoms with van der Waals surface area (Å²) in [6.07, 6.45) is 30.7. The lowest BCUT2D eigenvalue weighted by molar-refractivity contribution is -0.211. The van der Waals surface area contributed by atoms with E-state index in [4.69, 9.17) is 14.6 Å².